The number of methoxy groups -OCH3 is 2. The topological polar surface area (TPSA) is 116 Å². The van der Waals surface area contributed by atoms with Crippen LogP contribution in [0.2, 0.25) is 0 Å². The maximum Gasteiger partial charge on any atom is 0.340 e. The van der Waals surface area contributed by atoms with E-state index in [1.807, 2.05) is 0 Å². The molecule has 0 aromatic heterocycles. The van der Waals surface area contributed by atoms with E-state index in [9.17, 15) is 4.79 Å². The third-order valence-electron chi connectivity index (χ3n) is 4.77. The summed E-state index contributed by atoms with van der Waals surface area (Å²) in [4.78, 5) is 23.0. The van der Waals surface area contributed by atoms with Gasteiger partial charge in [0, 0.05) is 0 Å². The number of esters is 1. The van der Waals surface area contributed by atoms with E-state index < -0.39 is 11.6 Å². The zero-order valence-corrected chi connectivity index (χ0v) is 16.4. The summed E-state index contributed by atoms with van der Waals surface area (Å²) >= 11 is 3.48. The number of anilines is 1. The first-order chi connectivity index (χ1) is 12.4. The van der Waals surface area contributed by atoms with E-state index in [0.29, 0.717) is 21.5 Å². The summed E-state index contributed by atoms with van der Waals surface area (Å²) in [6, 6.07) is 3.40. The summed E-state index contributed by atoms with van der Waals surface area (Å²) in [6.07, 6.45) is 4.65. The van der Waals surface area contributed by atoms with Gasteiger partial charge >= 0.3 is 5.97 Å². The Morgan fingerprint density at radius 2 is 1.92 bits per heavy atom. The molecule has 1 heterocycles. The molecule has 9 heteroatoms. The molecule has 1 aliphatic heterocycles. The SMILES string of the molecule is COC(=O)c1cc(OC)c(Br)cc1N1C(N)=NC(N)=NC12CCCCC2. The Hall–Kier alpha value is -2.29. The fraction of sp³-hybridized carbons (Fsp3) is 0.471. The van der Waals surface area contributed by atoms with Crippen molar-refractivity contribution in [3.63, 3.8) is 0 Å². The highest BCUT2D eigenvalue weighted by molar-refractivity contribution is 9.10. The van der Waals surface area contributed by atoms with Crippen molar-refractivity contribution in [1.29, 1.82) is 0 Å². The molecular weight excluding hydrogens is 402 g/mol. The third-order valence-corrected chi connectivity index (χ3v) is 5.39. The maximum atomic E-state index is 12.4. The molecule has 1 aromatic rings. The number of carbonyl (C=O) groups is 1. The minimum absolute atomic E-state index is 0.160. The number of carbonyl (C=O) groups excluding carboxylic acids is 1. The van der Waals surface area contributed by atoms with Crippen LogP contribution in [-0.4, -0.2) is 37.8 Å². The van der Waals surface area contributed by atoms with Crippen LogP contribution in [0.15, 0.2) is 26.6 Å². The molecule has 2 aliphatic rings. The van der Waals surface area contributed by atoms with Gasteiger partial charge in [-0.2, -0.15) is 4.99 Å². The second-order valence-electron chi connectivity index (χ2n) is 6.31. The monoisotopic (exact) mass is 423 g/mol. The van der Waals surface area contributed by atoms with Gasteiger partial charge < -0.3 is 20.9 Å². The van der Waals surface area contributed by atoms with Crippen LogP contribution in [0, 0.1) is 0 Å². The van der Waals surface area contributed by atoms with Gasteiger partial charge in [-0.25, -0.2) is 9.79 Å². The summed E-state index contributed by atoms with van der Waals surface area (Å²) in [5.41, 5.74) is 12.4. The molecule has 140 valence electrons. The van der Waals surface area contributed by atoms with Crippen LogP contribution in [0.5, 0.6) is 5.75 Å². The molecule has 0 radical (unpaired) electrons. The number of ether oxygens (including phenoxy) is 2. The molecule has 1 spiro atoms. The number of halogens is 1. The smallest absolute Gasteiger partial charge is 0.340 e. The van der Waals surface area contributed by atoms with Gasteiger partial charge in [-0.15, -0.1) is 0 Å². The minimum Gasteiger partial charge on any atom is -0.496 e. The molecule has 0 atom stereocenters. The molecule has 1 saturated carbocycles. The summed E-state index contributed by atoms with van der Waals surface area (Å²) in [5, 5.41) is 0. The maximum absolute atomic E-state index is 12.4. The van der Waals surface area contributed by atoms with Crippen LogP contribution < -0.4 is 21.1 Å². The molecular formula is C17H22BrN5O3. The van der Waals surface area contributed by atoms with Gasteiger partial charge in [-0.3, -0.25) is 4.90 Å². The van der Waals surface area contributed by atoms with E-state index in [0.717, 1.165) is 32.1 Å². The fourth-order valence-electron chi connectivity index (χ4n) is 3.63. The molecule has 0 unspecified atom stereocenters. The summed E-state index contributed by atoms with van der Waals surface area (Å²) < 4.78 is 11.0. The Kier molecular flexibility index (Phi) is 5.08. The zero-order valence-electron chi connectivity index (χ0n) is 14.8. The van der Waals surface area contributed by atoms with E-state index in [2.05, 4.69) is 25.9 Å². The first-order valence-corrected chi connectivity index (χ1v) is 9.17. The van der Waals surface area contributed by atoms with Crippen LogP contribution in [0.4, 0.5) is 5.69 Å². The van der Waals surface area contributed by atoms with Gasteiger partial charge in [0.05, 0.1) is 29.9 Å². The summed E-state index contributed by atoms with van der Waals surface area (Å²) in [6.45, 7) is 0. The second kappa shape index (κ2) is 7.14. The van der Waals surface area contributed by atoms with E-state index in [1.54, 1.807) is 17.0 Å². The van der Waals surface area contributed by atoms with Crippen molar-refractivity contribution in [3.05, 3.63) is 22.2 Å². The third kappa shape index (κ3) is 3.11. The summed E-state index contributed by atoms with van der Waals surface area (Å²) in [5.74, 6) is 0.393. The second-order valence-corrected chi connectivity index (χ2v) is 7.17. The van der Waals surface area contributed by atoms with Crippen molar-refractivity contribution in [3.8, 4) is 5.75 Å². The molecule has 0 amide bonds. The van der Waals surface area contributed by atoms with Crippen LogP contribution in [-0.2, 0) is 4.74 Å². The molecule has 1 aromatic carbocycles. The Balaban J connectivity index is 2.21. The number of nitrogens with zero attached hydrogens (tertiary/aromatic N) is 3. The van der Waals surface area contributed by atoms with Gasteiger partial charge in [0.2, 0.25) is 11.9 Å². The molecule has 0 saturated heterocycles. The number of hydrogen-bond donors (Lipinski definition) is 2. The number of guanidine groups is 2. The highest BCUT2D eigenvalue weighted by Crippen LogP contribution is 2.43. The van der Waals surface area contributed by atoms with Gasteiger partial charge in [-0.05, 0) is 53.7 Å². The van der Waals surface area contributed by atoms with Crippen molar-refractivity contribution in [2.75, 3.05) is 19.1 Å². The average molecular weight is 424 g/mol. The zero-order chi connectivity index (χ0) is 18.9. The summed E-state index contributed by atoms with van der Waals surface area (Å²) in [7, 11) is 2.87. The Bertz CT molecular complexity index is 787. The van der Waals surface area contributed by atoms with Gasteiger partial charge in [-0.1, -0.05) is 6.42 Å². The van der Waals surface area contributed by atoms with E-state index in [1.165, 1.54) is 14.2 Å². The Labute approximate surface area is 160 Å². The first kappa shape index (κ1) is 18.5. The molecule has 4 N–H and O–H groups in total. The van der Waals surface area contributed by atoms with Crippen molar-refractivity contribution in [1.82, 2.24) is 0 Å². The molecule has 1 fully saturated rings. The van der Waals surface area contributed by atoms with Crippen molar-refractivity contribution < 1.29 is 14.3 Å². The molecule has 0 bridgehead atoms. The highest BCUT2D eigenvalue weighted by Gasteiger charge is 2.44. The minimum atomic E-state index is -0.648. The predicted octanol–water partition coefficient (Wildman–Crippen LogP) is 2.35. The standard InChI is InChI=1S/C17H22BrN5O3/c1-25-13-8-10(14(24)26-2)12(9-11(13)18)23-16(20)21-15(19)22-17(23)6-4-3-5-7-17/h8-9H,3-7H2,1-2H3,(H4,19,20,21,22). The fourth-order valence-corrected chi connectivity index (χ4v) is 4.12. The number of hydrogen-bond acceptors (Lipinski definition) is 8. The molecule has 26 heavy (non-hydrogen) atoms. The van der Waals surface area contributed by atoms with E-state index in [-0.39, 0.29) is 11.9 Å². The lowest BCUT2D eigenvalue weighted by atomic mass is 9.87. The van der Waals surface area contributed by atoms with E-state index >= 15 is 0 Å². The lowest BCUT2D eigenvalue weighted by molar-refractivity contribution is 0.0601. The average Bonchev–Trinajstić information content (AvgIpc) is 2.61. The predicted molar refractivity (Wildman–Crippen MR) is 104 cm³/mol. The highest BCUT2D eigenvalue weighted by atomic mass is 79.9. The number of nitrogens with two attached hydrogens (primary N) is 2. The normalized spacial score (nSPS) is 19.0. The largest absolute Gasteiger partial charge is 0.496 e. The number of aliphatic imine (C=N–C) groups is 2. The van der Waals surface area contributed by atoms with Crippen molar-refractivity contribution >= 4 is 39.5 Å². The van der Waals surface area contributed by atoms with Crippen LogP contribution in [0.3, 0.4) is 0 Å². The number of rotatable bonds is 3. The molecule has 1 aliphatic carbocycles. The molecule has 8 nitrogen and oxygen atoms in total. The lowest BCUT2D eigenvalue weighted by Crippen LogP contribution is -2.58. The first-order valence-electron chi connectivity index (χ1n) is 8.37. The Morgan fingerprint density at radius 3 is 2.54 bits per heavy atom. The van der Waals surface area contributed by atoms with Crippen molar-refractivity contribution in [2.45, 2.75) is 37.8 Å². The Morgan fingerprint density at radius 1 is 1.23 bits per heavy atom. The van der Waals surface area contributed by atoms with Gasteiger partial charge in [0.15, 0.2) is 0 Å². The molecule has 3 rings (SSSR count). The van der Waals surface area contributed by atoms with Crippen LogP contribution in [0.25, 0.3) is 0 Å². The lowest BCUT2D eigenvalue weighted by Gasteiger charge is -2.46. The van der Waals surface area contributed by atoms with Gasteiger partial charge in [0.1, 0.15) is 11.4 Å². The number of benzene rings is 1. The van der Waals surface area contributed by atoms with Crippen LogP contribution >= 0.6 is 15.9 Å². The van der Waals surface area contributed by atoms with Crippen LogP contribution in [0.1, 0.15) is 42.5 Å². The van der Waals surface area contributed by atoms with Crippen molar-refractivity contribution in [2.24, 2.45) is 21.5 Å². The van der Waals surface area contributed by atoms with Gasteiger partial charge in [0.25, 0.3) is 0 Å². The van der Waals surface area contributed by atoms with E-state index in [4.69, 9.17) is 20.9 Å². The quantitative estimate of drug-likeness (QED) is 0.720.